The molecule has 0 bridgehead atoms. The fraction of sp³-hybridized carbons (Fsp3) is 0.0167. The standard InChI is InChI=1S/C60H34N6S/c1-61-36-24-27-54-44(31-36)42-15-4-10-22-53(42)66(54)39-34-49-59(63-35-39)58-47(18-12-30-62-58)60(49)46-17-6-11-23-56(46)67-57-29-26-38(33-48(57)60)65-52-21-9-5-16-43(52)45-32-37(25-28-55(45)65)64-50-19-7-2-13-40(50)41-14-3-8-20-51(41)64/h2-35H. The minimum absolute atomic E-state index is 0.624. The van der Waals surface area contributed by atoms with E-state index >= 15 is 0 Å². The molecule has 310 valence electrons. The van der Waals surface area contributed by atoms with E-state index in [1.54, 1.807) is 0 Å². The summed E-state index contributed by atoms with van der Waals surface area (Å²) < 4.78 is 7.16. The van der Waals surface area contributed by atoms with E-state index in [1.807, 2.05) is 36.3 Å². The molecule has 6 nitrogen and oxygen atoms in total. The highest BCUT2D eigenvalue weighted by atomic mass is 32.2. The topological polar surface area (TPSA) is 44.9 Å². The molecule has 67 heavy (non-hydrogen) atoms. The van der Waals surface area contributed by atoms with Crippen LogP contribution in [-0.2, 0) is 5.41 Å². The van der Waals surface area contributed by atoms with Crippen molar-refractivity contribution >= 4 is 82.9 Å². The van der Waals surface area contributed by atoms with Gasteiger partial charge in [0.05, 0.1) is 68.4 Å². The number of benzene rings is 8. The van der Waals surface area contributed by atoms with E-state index in [2.05, 4.69) is 201 Å². The summed E-state index contributed by atoms with van der Waals surface area (Å²) >= 11 is 1.83. The Morgan fingerprint density at radius 1 is 0.388 bits per heavy atom. The number of nitrogens with zero attached hydrogens (tertiary/aromatic N) is 6. The Morgan fingerprint density at radius 2 is 0.881 bits per heavy atom. The molecule has 7 heteroatoms. The van der Waals surface area contributed by atoms with Gasteiger partial charge < -0.3 is 13.7 Å². The van der Waals surface area contributed by atoms with Crippen molar-refractivity contribution in [2.24, 2.45) is 0 Å². The lowest BCUT2D eigenvalue weighted by Crippen LogP contribution is -2.32. The summed E-state index contributed by atoms with van der Waals surface area (Å²) in [5, 5.41) is 7.06. The third-order valence-electron chi connectivity index (χ3n) is 14.4. The fourth-order valence-corrected chi connectivity index (χ4v) is 12.9. The molecule has 15 rings (SSSR count). The number of para-hydroxylation sites is 4. The Morgan fingerprint density at radius 3 is 1.57 bits per heavy atom. The molecule has 5 aromatic heterocycles. The minimum Gasteiger partial charge on any atom is -0.309 e. The number of aromatic nitrogens is 5. The predicted octanol–water partition coefficient (Wildman–Crippen LogP) is 15.1. The average Bonchev–Trinajstić information content (AvgIpc) is 4.10. The number of pyridine rings is 2. The SMILES string of the molecule is [C-]#[N+]c1ccc2c(c1)c1ccccc1n2-c1cnc2c(c1)C1(c3ccccc3Sc3ccc(-n4c5ccccc5c5cc(-n6c7ccccc7c7ccccc76)ccc54)cc31)c1cccnc1-2. The Kier molecular flexibility index (Phi) is 7.34. The van der Waals surface area contributed by atoms with Crippen LogP contribution < -0.4 is 0 Å². The van der Waals surface area contributed by atoms with Gasteiger partial charge in [0.1, 0.15) is 0 Å². The van der Waals surface area contributed by atoms with Gasteiger partial charge in [0, 0.05) is 59.9 Å². The molecule has 0 fully saturated rings. The number of hydrogen-bond donors (Lipinski definition) is 0. The quantitative estimate of drug-likeness (QED) is 0.166. The molecule has 8 aromatic carbocycles. The van der Waals surface area contributed by atoms with E-state index in [9.17, 15) is 0 Å². The lowest BCUT2D eigenvalue weighted by Gasteiger charge is -2.39. The second-order valence-electron chi connectivity index (χ2n) is 17.6. The number of hydrogen-bond acceptors (Lipinski definition) is 3. The summed E-state index contributed by atoms with van der Waals surface area (Å²) in [5.41, 5.74) is 16.3. The van der Waals surface area contributed by atoms with Gasteiger partial charge in [-0.05, 0) is 113 Å². The first kappa shape index (κ1) is 36.6. The van der Waals surface area contributed by atoms with Crippen molar-refractivity contribution in [2.75, 3.05) is 0 Å². The van der Waals surface area contributed by atoms with Crippen LogP contribution >= 0.6 is 11.8 Å². The van der Waals surface area contributed by atoms with Crippen LogP contribution in [0, 0.1) is 6.57 Å². The van der Waals surface area contributed by atoms with Gasteiger partial charge >= 0.3 is 0 Å². The summed E-state index contributed by atoms with van der Waals surface area (Å²) in [7, 11) is 0. The van der Waals surface area contributed by atoms with Crippen molar-refractivity contribution in [3.63, 3.8) is 0 Å². The summed E-state index contributed by atoms with van der Waals surface area (Å²) in [4.78, 5) is 16.7. The second kappa shape index (κ2) is 13.4. The van der Waals surface area contributed by atoms with Gasteiger partial charge in [-0.15, -0.1) is 0 Å². The van der Waals surface area contributed by atoms with Gasteiger partial charge in [-0.3, -0.25) is 9.97 Å². The molecule has 1 spiro atoms. The van der Waals surface area contributed by atoms with Gasteiger partial charge in [-0.1, -0.05) is 115 Å². The van der Waals surface area contributed by atoms with Gasteiger partial charge in [0.25, 0.3) is 0 Å². The summed E-state index contributed by atoms with van der Waals surface area (Å²) in [6.45, 7) is 7.80. The fourth-order valence-electron chi connectivity index (χ4n) is 11.7. The van der Waals surface area contributed by atoms with E-state index < -0.39 is 5.41 Å². The van der Waals surface area contributed by atoms with Crippen molar-refractivity contribution in [1.29, 1.82) is 0 Å². The Hall–Kier alpha value is -8.70. The molecule has 13 aromatic rings. The number of rotatable bonds is 3. The van der Waals surface area contributed by atoms with Crippen LogP contribution in [0.4, 0.5) is 5.69 Å². The predicted molar refractivity (Wildman–Crippen MR) is 273 cm³/mol. The van der Waals surface area contributed by atoms with Crippen LogP contribution in [0.1, 0.15) is 22.3 Å². The van der Waals surface area contributed by atoms with Gasteiger partial charge in [-0.2, -0.15) is 0 Å². The normalized spacial score (nSPS) is 14.9. The molecule has 0 saturated carbocycles. The maximum absolute atomic E-state index is 7.80. The van der Waals surface area contributed by atoms with Crippen molar-refractivity contribution in [1.82, 2.24) is 23.7 Å². The van der Waals surface area contributed by atoms with Crippen molar-refractivity contribution in [3.05, 3.63) is 240 Å². The smallest absolute Gasteiger partial charge is 0.188 e. The Balaban J connectivity index is 0.990. The molecule has 1 aliphatic carbocycles. The van der Waals surface area contributed by atoms with Gasteiger partial charge in [0.2, 0.25) is 0 Å². The van der Waals surface area contributed by atoms with Crippen molar-refractivity contribution < 1.29 is 0 Å². The van der Waals surface area contributed by atoms with E-state index in [1.165, 1.54) is 53.5 Å². The van der Waals surface area contributed by atoms with Crippen LogP contribution in [0.3, 0.4) is 0 Å². The molecule has 0 amide bonds. The lowest BCUT2D eigenvalue weighted by molar-refractivity contribution is 0.717. The largest absolute Gasteiger partial charge is 0.309 e. The third kappa shape index (κ3) is 4.79. The van der Waals surface area contributed by atoms with E-state index in [-0.39, 0.29) is 0 Å². The molecule has 1 unspecified atom stereocenters. The van der Waals surface area contributed by atoms with Crippen LogP contribution in [0.2, 0.25) is 0 Å². The number of fused-ring (bicyclic) bond motifs is 18. The molecular formula is C60H34N6S. The van der Waals surface area contributed by atoms with E-state index in [0.29, 0.717) is 5.69 Å². The highest BCUT2D eigenvalue weighted by Gasteiger charge is 2.52. The van der Waals surface area contributed by atoms with Crippen LogP contribution in [0.15, 0.2) is 216 Å². The zero-order chi connectivity index (χ0) is 44.0. The van der Waals surface area contributed by atoms with Gasteiger partial charge in [-0.25, -0.2) is 4.85 Å². The van der Waals surface area contributed by atoms with Crippen LogP contribution in [0.5, 0.6) is 0 Å². The average molecular weight is 871 g/mol. The third-order valence-corrected chi connectivity index (χ3v) is 15.5. The van der Waals surface area contributed by atoms with Crippen molar-refractivity contribution in [3.8, 4) is 28.5 Å². The highest BCUT2D eigenvalue weighted by molar-refractivity contribution is 7.99. The molecule has 6 heterocycles. The minimum atomic E-state index is -0.729. The molecule has 1 atom stereocenters. The monoisotopic (exact) mass is 870 g/mol. The van der Waals surface area contributed by atoms with Crippen LogP contribution in [-0.4, -0.2) is 23.7 Å². The zero-order valence-corrected chi connectivity index (χ0v) is 36.5. The maximum atomic E-state index is 7.80. The maximum Gasteiger partial charge on any atom is 0.188 e. The molecule has 0 radical (unpaired) electrons. The van der Waals surface area contributed by atoms with Crippen LogP contribution in [0.25, 0.3) is 98.7 Å². The van der Waals surface area contributed by atoms with Crippen molar-refractivity contribution in [2.45, 2.75) is 15.2 Å². The highest BCUT2D eigenvalue weighted by Crippen LogP contribution is 2.62. The molecule has 0 N–H and O–H groups in total. The first-order valence-corrected chi connectivity index (χ1v) is 23.3. The molecular weight excluding hydrogens is 837 g/mol. The molecule has 1 aliphatic heterocycles. The summed E-state index contributed by atoms with van der Waals surface area (Å²) in [6, 6.07) is 70.3. The Labute approximate surface area is 388 Å². The first-order chi connectivity index (χ1) is 33.2. The second-order valence-corrected chi connectivity index (χ2v) is 18.7. The summed E-state index contributed by atoms with van der Waals surface area (Å²) in [5.74, 6) is 0. The van der Waals surface area contributed by atoms with E-state index in [0.717, 1.165) is 72.4 Å². The summed E-state index contributed by atoms with van der Waals surface area (Å²) in [6.07, 6.45) is 3.89. The molecule has 0 saturated heterocycles. The lowest BCUT2D eigenvalue weighted by atomic mass is 9.67. The Bertz CT molecular complexity index is 4300. The van der Waals surface area contributed by atoms with E-state index in [4.69, 9.17) is 16.5 Å². The first-order valence-electron chi connectivity index (χ1n) is 22.5. The molecule has 2 aliphatic rings. The zero-order valence-electron chi connectivity index (χ0n) is 35.7. The van der Waals surface area contributed by atoms with Gasteiger partial charge in [0.15, 0.2) is 5.69 Å².